The lowest BCUT2D eigenvalue weighted by Gasteiger charge is -2.42. The first kappa shape index (κ1) is 20.0. The summed E-state index contributed by atoms with van der Waals surface area (Å²) < 4.78 is 10.9. The number of amides is 1. The Hall–Kier alpha value is -1.36. The van der Waals surface area contributed by atoms with E-state index < -0.39 is 47.0 Å². The van der Waals surface area contributed by atoms with E-state index in [0.717, 1.165) is 11.8 Å². The van der Waals surface area contributed by atoms with Gasteiger partial charge in [0.25, 0.3) is 0 Å². The molecule has 2 aliphatic rings. The molecule has 10 heteroatoms. The average Bonchev–Trinajstić information content (AvgIpc) is 2.79. The van der Waals surface area contributed by atoms with Crippen molar-refractivity contribution < 1.29 is 34.4 Å². The van der Waals surface area contributed by atoms with Crippen LogP contribution in [0.4, 0.5) is 4.79 Å². The number of ether oxygens (including phenoxy) is 2. The number of hydrogen-bond acceptors (Lipinski definition) is 8. The van der Waals surface area contributed by atoms with Gasteiger partial charge in [-0.25, -0.2) is 9.59 Å². The second kappa shape index (κ2) is 6.75. The Morgan fingerprint density at radius 2 is 1.96 bits per heavy atom. The van der Waals surface area contributed by atoms with Crippen LogP contribution in [0.15, 0.2) is 4.99 Å². The Morgan fingerprint density at radius 3 is 2.44 bits per heavy atom. The summed E-state index contributed by atoms with van der Waals surface area (Å²) in [5.74, 6) is -1.38. The van der Waals surface area contributed by atoms with Gasteiger partial charge in [-0.1, -0.05) is 11.8 Å². The zero-order chi connectivity index (χ0) is 19.2. The van der Waals surface area contributed by atoms with Crippen molar-refractivity contribution in [1.82, 2.24) is 4.90 Å². The zero-order valence-corrected chi connectivity index (χ0v) is 15.6. The fraction of sp³-hybridized carbons (Fsp3) is 0.800. The number of carbonyl (C=O) groups excluding carboxylic acids is 1. The molecular formula is C15H24N2O7S. The lowest BCUT2D eigenvalue weighted by molar-refractivity contribution is -0.202. The standard InChI is InChI=1S/C15H24N2O7S/c1-6-17(13(22)24-14(2,3)4)12-16-10-8(19)7(18)9(11(20)21)23-15(10,5)25-12/h7-10,18-19H,6H2,1-5H3,(H,20,21)/t7-,8-,9-,10+,15+/m0/s1. The van der Waals surface area contributed by atoms with Gasteiger partial charge in [-0.15, -0.1) is 0 Å². The van der Waals surface area contributed by atoms with Crippen molar-refractivity contribution in [3.8, 4) is 0 Å². The minimum absolute atomic E-state index is 0.251. The van der Waals surface area contributed by atoms with E-state index in [4.69, 9.17) is 9.47 Å². The van der Waals surface area contributed by atoms with E-state index in [2.05, 4.69) is 4.99 Å². The number of carboxylic acid groups (broad SMARTS) is 1. The quantitative estimate of drug-likeness (QED) is 0.640. The van der Waals surface area contributed by atoms with Crippen LogP contribution in [-0.2, 0) is 14.3 Å². The van der Waals surface area contributed by atoms with E-state index in [-0.39, 0.29) is 11.7 Å². The molecule has 3 N–H and O–H groups in total. The number of aliphatic imine (C=N–C) groups is 1. The van der Waals surface area contributed by atoms with E-state index in [1.807, 2.05) is 0 Å². The smallest absolute Gasteiger partial charge is 0.416 e. The molecule has 0 spiro atoms. The third-order valence-corrected chi connectivity index (χ3v) is 5.08. The fourth-order valence-corrected chi connectivity index (χ4v) is 3.96. The number of amidine groups is 1. The van der Waals surface area contributed by atoms with Crippen LogP contribution in [0.1, 0.15) is 34.6 Å². The molecule has 25 heavy (non-hydrogen) atoms. The maximum atomic E-state index is 12.4. The van der Waals surface area contributed by atoms with E-state index >= 15 is 0 Å². The molecule has 5 atom stereocenters. The second-order valence-corrected chi connectivity index (χ2v) is 8.44. The Labute approximate surface area is 150 Å². The van der Waals surface area contributed by atoms with Crippen molar-refractivity contribution in [3.63, 3.8) is 0 Å². The summed E-state index contributed by atoms with van der Waals surface area (Å²) >= 11 is 1.03. The van der Waals surface area contributed by atoms with Gasteiger partial charge < -0.3 is 24.8 Å². The summed E-state index contributed by atoms with van der Waals surface area (Å²) in [7, 11) is 0. The van der Waals surface area contributed by atoms with Gasteiger partial charge in [0.1, 0.15) is 28.8 Å². The van der Waals surface area contributed by atoms with E-state index in [1.165, 1.54) is 4.90 Å². The molecule has 0 aromatic carbocycles. The highest BCUT2D eigenvalue weighted by Crippen LogP contribution is 2.46. The molecule has 0 aromatic rings. The Balaban J connectivity index is 2.26. The predicted octanol–water partition coefficient (Wildman–Crippen LogP) is 0.636. The number of carbonyl (C=O) groups is 2. The first-order valence-corrected chi connectivity index (χ1v) is 8.75. The van der Waals surface area contributed by atoms with Gasteiger partial charge in [0.15, 0.2) is 11.3 Å². The molecule has 0 radical (unpaired) electrons. The molecule has 0 bridgehead atoms. The zero-order valence-electron chi connectivity index (χ0n) is 14.8. The number of nitrogens with zero attached hydrogens (tertiary/aromatic N) is 2. The van der Waals surface area contributed by atoms with E-state index in [9.17, 15) is 24.9 Å². The average molecular weight is 376 g/mol. The summed E-state index contributed by atoms with van der Waals surface area (Å²) in [4.78, 5) is 28.0. The molecule has 0 aromatic heterocycles. The van der Waals surface area contributed by atoms with Crippen molar-refractivity contribution in [2.24, 2.45) is 4.99 Å². The van der Waals surface area contributed by atoms with Crippen LogP contribution >= 0.6 is 11.8 Å². The molecule has 1 fully saturated rings. The first-order chi connectivity index (χ1) is 11.4. The Kier molecular flexibility index (Phi) is 5.39. The third-order valence-electron chi connectivity index (χ3n) is 3.83. The molecule has 2 heterocycles. The summed E-state index contributed by atoms with van der Waals surface area (Å²) in [5.41, 5.74) is -0.689. The summed E-state index contributed by atoms with van der Waals surface area (Å²) in [6, 6.07) is -0.908. The van der Waals surface area contributed by atoms with E-state index in [1.54, 1.807) is 34.6 Å². The largest absolute Gasteiger partial charge is 0.479 e. The third kappa shape index (κ3) is 3.91. The van der Waals surface area contributed by atoms with Crippen LogP contribution in [0.5, 0.6) is 0 Å². The highest BCUT2D eigenvalue weighted by molar-refractivity contribution is 8.15. The summed E-state index contributed by atoms with van der Waals surface area (Å²) in [6.45, 7) is 8.80. The van der Waals surface area contributed by atoms with Crippen LogP contribution in [0.25, 0.3) is 0 Å². The normalized spacial score (nSPS) is 34.9. The predicted molar refractivity (Wildman–Crippen MR) is 90.4 cm³/mol. The van der Waals surface area contributed by atoms with Crippen LogP contribution in [0.2, 0.25) is 0 Å². The molecule has 142 valence electrons. The number of aliphatic carboxylic acids is 1. The van der Waals surface area contributed by atoms with Gasteiger partial charge in [0.05, 0.1) is 0 Å². The van der Waals surface area contributed by atoms with Crippen molar-refractivity contribution in [2.45, 2.75) is 69.5 Å². The molecule has 0 aliphatic carbocycles. The lowest BCUT2D eigenvalue weighted by Crippen LogP contribution is -2.61. The van der Waals surface area contributed by atoms with E-state index in [0.29, 0.717) is 0 Å². The highest BCUT2D eigenvalue weighted by atomic mass is 32.2. The lowest BCUT2D eigenvalue weighted by atomic mass is 9.93. The SMILES string of the molecule is CCN(C(=O)OC(C)(C)C)C1=N[C@@H]2[C@@H](O)[C@H](O)[C@@H](C(=O)O)O[C@]2(C)S1. The van der Waals surface area contributed by atoms with Gasteiger partial charge in [0.2, 0.25) is 0 Å². The number of fused-ring (bicyclic) bond motifs is 1. The van der Waals surface area contributed by atoms with Gasteiger partial charge in [-0.05, 0) is 34.6 Å². The van der Waals surface area contributed by atoms with Crippen molar-refractivity contribution >= 4 is 29.0 Å². The van der Waals surface area contributed by atoms with Gasteiger partial charge in [-0.3, -0.25) is 9.89 Å². The number of thioether (sulfide) groups is 1. The fourth-order valence-electron chi connectivity index (χ4n) is 2.65. The number of rotatable bonds is 2. The first-order valence-electron chi connectivity index (χ1n) is 7.93. The Morgan fingerprint density at radius 1 is 1.36 bits per heavy atom. The van der Waals surface area contributed by atoms with Crippen LogP contribution in [-0.4, -0.2) is 78.9 Å². The molecular weight excluding hydrogens is 352 g/mol. The topological polar surface area (TPSA) is 129 Å². The van der Waals surface area contributed by atoms with Gasteiger partial charge in [-0.2, -0.15) is 0 Å². The second-order valence-electron chi connectivity index (χ2n) is 7.06. The van der Waals surface area contributed by atoms with Crippen molar-refractivity contribution in [1.29, 1.82) is 0 Å². The van der Waals surface area contributed by atoms with Crippen molar-refractivity contribution in [3.05, 3.63) is 0 Å². The number of carboxylic acids is 1. The van der Waals surface area contributed by atoms with Crippen LogP contribution < -0.4 is 0 Å². The summed E-state index contributed by atoms with van der Waals surface area (Å²) in [5, 5.41) is 29.7. The number of aliphatic hydroxyl groups is 2. The maximum Gasteiger partial charge on any atom is 0.416 e. The molecule has 9 nitrogen and oxygen atoms in total. The molecule has 2 rings (SSSR count). The minimum Gasteiger partial charge on any atom is -0.479 e. The van der Waals surface area contributed by atoms with Gasteiger partial charge in [0, 0.05) is 6.54 Å². The molecule has 2 aliphatic heterocycles. The molecule has 0 saturated carbocycles. The number of hydrogen-bond donors (Lipinski definition) is 3. The number of aliphatic hydroxyl groups excluding tert-OH is 2. The van der Waals surface area contributed by atoms with Crippen LogP contribution in [0, 0.1) is 0 Å². The highest BCUT2D eigenvalue weighted by Gasteiger charge is 2.58. The molecule has 1 amide bonds. The maximum absolute atomic E-state index is 12.4. The minimum atomic E-state index is -1.61. The molecule has 0 unspecified atom stereocenters. The molecule has 1 saturated heterocycles. The van der Waals surface area contributed by atoms with Crippen LogP contribution in [0.3, 0.4) is 0 Å². The van der Waals surface area contributed by atoms with Crippen molar-refractivity contribution in [2.75, 3.05) is 6.54 Å². The Bertz CT molecular complexity index is 591. The summed E-state index contributed by atoms with van der Waals surface area (Å²) in [6.07, 6.45) is -5.22. The van der Waals surface area contributed by atoms with Gasteiger partial charge >= 0.3 is 12.1 Å². The monoisotopic (exact) mass is 376 g/mol.